The highest BCUT2D eigenvalue weighted by Crippen LogP contribution is 2.25. The molecule has 2 aromatic heterocycles. The lowest BCUT2D eigenvalue weighted by Crippen LogP contribution is -2.32. The van der Waals surface area contributed by atoms with Crippen LogP contribution in [0.2, 0.25) is 0 Å². The van der Waals surface area contributed by atoms with E-state index in [1.165, 1.54) is 16.4 Å². The third kappa shape index (κ3) is 4.52. The van der Waals surface area contributed by atoms with E-state index >= 15 is 0 Å². The maximum Gasteiger partial charge on any atom is 0.245 e. The first kappa shape index (κ1) is 21.2. The first-order valence-corrected chi connectivity index (χ1v) is 11.7. The van der Waals surface area contributed by atoms with Crippen LogP contribution in [0.15, 0.2) is 84.0 Å². The van der Waals surface area contributed by atoms with E-state index in [0.717, 1.165) is 16.6 Å². The molecule has 0 N–H and O–H groups in total. The molecule has 4 rings (SSSR count). The lowest BCUT2D eigenvalue weighted by Gasteiger charge is -2.23. The van der Waals surface area contributed by atoms with Crippen LogP contribution in [-0.4, -0.2) is 28.8 Å². The van der Waals surface area contributed by atoms with Gasteiger partial charge in [0.25, 0.3) is 0 Å². The van der Waals surface area contributed by atoms with E-state index in [4.69, 9.17) is 0 Å². The zero-order valence-electron chi connectivity index (χ0n) is 17.3. The molecular formula is C24H24FN3O2S. The monoisotopic (exact) mass is 437 g/mol. The number of nitrogens with zero attached hydrogens (tertiary/aromatic N) is 3. The molecule has 7 heteroatoms. The lowest BCUT2D eigenvalue weighted by molar-refractivity contribution is 0.396. The van der Waals surface area contributed by atoms with E-state index in [2.05, 4.69) is 4.98 Å². The molecule has 0 fully saturated rings. The summed E-state index contributed by atoms with van der Waals surface area (Å²) in [6.07, 6.45) is 4.17. The number of fused-ring (bicyclic) bond motifs is 1. The fourth-order valence-corrected chi connectivity index (χ4v) is 5.39. The predicted molar refractivity (Wildman–Crippen MR) is 120 cm³/mol. The molecule has 0 bridgehead atoms. The molecule has 0 saturated carbocycles. The molecule has 2 aromatic carbocycles. The van der Waals surface area contributed by atoms with Crippen LogP contribution in [0.25, 0.3) is 10.9 Å². The van der Waals surface area contributed by atoms with Gasteiger partial charge in [-0.25, -0.2) is 12.8 Å². The van der Waals surface area contributed by atoms with Gasteiger partial charge in [-0.2, -0.15) is 4.31 Å². The van der Waals surface area contributed by atoms with Crippen LogP contribution in [-0.2, 0) is 23.1 Å². The van der Waals surface area contributed by atoms with Crippen LogP contribution >= 0.6 is 0 Å². The molecule has 0 radical (unpaired) electrons. The molecule has 31 heavy (non-hydrogen) atoms. The molecule has 0 atom stereocenters. The van der Waals surface area contributed by atoms with Crippen LogP contribution in [0.1, 0.15) is 24.6 Å². The highest BCUT2D eigenvalue weighted by molar-refractivity contribution is 7.89. The minimum Gasteiger partial charge on any atom is -0.346 e. The largest absolute Gasteiger partial charge is 0.346 e. The number of pyridine rings is 1. The lowest BCUT2D eigenvalue weighted by atomic mass is 10.2. The molecule has 5 nitrogen and oxygen atoms in total. The van der Waals surface area contributed by atoms with Gasteiger partial charge in [0.05, 0.1) is 12.1 Å². The quantitative estimate of drug-likeness (QED) is 0.397. The Morgan fingerprint density at radius 3 is 2.65 bits per heavy atom. The van der Waals surface area contributed by atoms with Crippen LogP contribution in [0.3, 0.4) is 0 Å². The van der Waals surface area contributed by atoms with E-state index in [-0.39, 0.29) is 17.3 Å². The van der Waals surface area contributed by atoms with E-state index < -0.39 is 10.0 Å². The van der Waals surface area contributed by atoms with Crippen molar-refractivity contribution in [3.63, 3.8) is 0 Å². The number of benzene rings is 2. The van der Waals surface area contributed by atoms with Crippen molar-refractivity contribution in [3.05, 3.63) is 96.2 Å². The number of hydrogen-bond donors (Lipinski definition) is 0. The predicted octanol–water partition coefficient (Wildman–Crippen LogP) is 4.82. The van der Waals surface area contributed by atoms with E-state index in [9.17, 15) is 12.8 Å². The topological polar surface area (TPSA) is 55.2 Å². The summed E-state index contributed by atoms with van der Waals surface area (Å²) >= 11 is 0. The normalized spacial score (nSPS) is 12.0. The van der Waals surface area contributed by atoms with Gasteiger partial charge in [0, 0.05) is 36.6 Å². The van der Waals surface area contributed by atoms with Crippen molar-refractivity contribution >= 4 is 20.9 Å². The van der Waals surface area contributed by atoms with Crippen molar-refractivity contribution in [3.8, 4) is 0 Å². The summed E-state index contributed by atoms with van der Waals surface area (Å²) in [5, 5.41) is 0.787. The molecule has 0 unspecified atom stereocenters. The average Bonchev–Trinajstić information content (AvgIpc) is 3.19. The molecule has 0 saturated heterocycles. The molecule has 0 aliphatic carbocycles. The van der Waals surface area contributed by atoms with Gasteiger partial charge in [0.1, 0.15) is 10.7 Å². The maximum absolute atomic E-state index is 13.6. The van der Waals surface area contributed by atoms with E-state index in [1.54, 1.807) is 30.5 Å². The number of sulfonamides is 1. The second-order valence-electron chi connectivity index (χ2n) is 7.43. The van der Waals surface area contributed by atoms with E-state index in [1.807, 2.05) is 48.0 Å². The molecule has 0 amide bonds. The number of halogens is 1. The Hall–Kier alpha value is -3.03. The fraction of sp³-hybridized carbons (Fsp3) is 0.208. The van der Waals surface area contributed by atoms with Crippen LogP contribution in [0.5, 0.6) is 0 Å². The van der Waals surface area contributed by atoms with Gasteiger partial charge < -0.3 is 4.57 Å². The molecule has 0 spiro atoms. The second kappa shape index (κ2) is 8.99. The summed E-state index contributed by atoms with van der Waals surface area (Å²) in [7, 11) is -3.76. The van der Waals surface area contributed by atoms with Crippen molar-refractivity contribution in [1.29, 1.82) is 0 Å². The highest BCUT2D eigenvalue weighted by atomic mass is 32.2. The van der Waals surface area contributed by atoms with Gasteiger partial charge in [-0.1, -0.05) is 37.3 Å². The van der Waals surface area contributed by atoms with Gasteiger partial charge >= 0.3 is 0 Å². The molecule has 0 aliphatic rings. The Kier molecular flexibility index (Phi) is 6.15. The number of aromatic nitrogens is 2. The summed E-state index contributed by atoms with van der Waals surface area (Å²) in [5.74, 6) is -0.287. The Labute approximate surface area is 181 Å². The third-order valence-electron chi connectivity index (χ3n) is 5.19. The minimum absolute atomic E-state index is 0.210. The molecule has 4 aromatic rings. The first-order chi connectivity index (χ1) is 15.0. The molecule has 0 aliphatic heterocycles. The number of rotatable bonds is 8. The van der Waals surface area contributed by atoms with Gasteiger partial charge in [-0.05, 0) is 48.4 Å². The molecular weight excluding hydrogens is 413 g/mol. The number of para-hydroxylation sites is 1. The zero-order valence-corrected chi connectivity index (χ0v) is 18.1. The zero-order chi connectivity index (χ0) is 21.8. The standard InChI is InChI=1S/C24H24FN3O2S/c1-2-14-28(31(29,30)23-12-4-8-20-9-5-13-26-24(20)23)18-22-11-6-15-27(22)17-19-7-3-10-21(25)16-19/h3-13,15-16H,2,14,17-18H2,1H3. The Bertz CT molecular complexity index is 1300. The van der Waals surface area contributed by atoms with Crippen molar-refractivity contribution in [2.75, 3.05) is 6.54 Å². The van der Waals surface area contributed by atoms with Gasteiger partial charge in [0.15, 0.2) is 0 Å². The van der Waals surface area contributed by atoms with Crippen molar-refractivity contribution in [1.82, 2.24) is 13.9 Å². The summed E-state index contributed by atoms with van der Waals surface area (Å²) in [6, 6.07) is 19.1. The Morgan fingerprint density at radius 1 is 1.03 bits per heavy atom. The number of hydrogen-bond acceptors (Lipinski definition) is 3. The second-order valence-corrected chi connectivity index (χ2v) is 9.33. The van der Waals surface area contributed by atoms with Crippen molar-refractivity contribution < 1.29 is 12.8 Å². The van der Waals surface area contributed by atoms with Crippen molar-refractivity contribution in [2.45, 2.75) is 31.3 Å². The van der Waals surface area contributed by atoms with Gasteiger partial charge in [-0.3, -0.25) is 4.98 Å². The van der Waals surface area contributed by atoms with Gasteiger partial charge in [0.2, 0.25) is 10.0 Å². The van der Waals surface area contributed by atoms with Gasteiger partial charge in [-0.15, -0.1) is 0 Å². The Balaban J connectivity index is 1.67. The van der Waals surface area contributed by atoms with Crippen LogP contribution in [0.4, 0.5) is 4.39 Å². The van der Waals surface area contributed by atoms with Crippen LogP contribution in [0, 0.1) is 5.82 Å². The summed E-state index contributed by atoms with van der Waals surface area (Å²) in [5.41, 5.74) is 2.14. The summed E-state index contributed by atoms with van der Waals surface area (Å²) in [4.78, 5) is 4.53. The average molecular weight is 438 g/mol. The highest BCUT2D eigenvalue weighted by Gasteiger charge is 2.27. The minimum atomic E-state index is -3.76. The first-order valence-electron chi connectivity index (χ1n) is 10.2. The summed E-state index contributed by atoms with van der Waals surface area (Å²) in [6.45, 7) is 3.03. The van der Waals surface area contributed by atoms with E-state index in [0.29, 0.717) is 25.0 Å². The van der Waals surface area contributed by atoms with Crippen LogP contribution < -0.4 is 0 Å². The van der Waals surface area contributed by atoms with Crippen molar-refractivity contribution in [2.24, 2.45) is 0 Å². The maximum atomic E-state index is 13.6. The Morgan fingerprint density at radius 2 is 1.84 bits per heavy atom. The smallest absolute Gasteiger partial charge is 0.245 e. The SMILES string of the molecule is CCCN(Cc1cccn1Cc1cccc(F)c1)S(=O)(=O)c1cccc2cccnc12. The third-order valence-corrected chi connectivity index (χ3v) is 7.07. The summed E-state index contributed by atoms with van der Waals surface area (Å²) < 4.78 is 44.2. The molecule has 2 heterocycles. The molecule has 160 valence electrons. The fourth-order valence-electron chi connectivity index (χ4n) is 3.72.